The number of ketones is 1. The summed E-state index contributed by atoms with van der Waals surface area (Å²) in [5.41, 5.74) is 0.153. The van der Waals surface area contributed by atoms with E-state index in [-0.39, 0.29) is 31.1 Å². The molecule has 2 N–H and O–H groups in total. The summed E-state index contributed by atoms with van der Waals surface area (Å²) < 4.78 is 45.6. The molecule has 0 spiro atoms. The third-order valence-corrected chi connectivity index (χ3v) is 13.6. The molecule has 2 aliphatic heterocycles. The highest BCUT2D eigenvalue weighted by Gasteiger charge is 2.62. The third kappa shape index (κ3) is 7.87. The molecule has 1 aromatic heterocycles. The molecule has 1 saturated heterocycles. The fraction of sp³-hybridized carbons (Fsp3) is 0.615. The van der Waals surface area contributed by atoms with Crippen molar-refractivity contribution in [2.75, 3.05) is 34.4 Å². The molecule has 4 amide bonds. The lowest BCUT2D eigenvalue weighted by Crippen LogP contribution is -2.54. The van der Waals surface area contributed by atoms with Gasteiger partial charge in [-0.05, 0) is 77.3 Å². The summed E-state index contributed by atoms with van der Waals surface area (Å²) in [6.45, 7) is 5.77. The minimum Gasteiger partial charge on any atom is -0.496 e. The maximum Gasteiger partial charge on any atom is 0.317 e. The van der Waals surface area contributed by atoms with E-state index in [0.29, 0.717) is 67.0 Å². The maximum absolute atomic E-state index is 14.6. The van der Waals surface area contributed by atoms with Gasteiger partial charge < -0.3 is 29.3 Å². The minimum atomic E-state index is -3.95. The van der Waals surface area contributed by atoms with Crippen molar-refractivity contribution in [2.24, 2.45) is 11.3 Å². The molecule has 6 rings (SSSR count). The number of hydrogen-bond acceptors (Lipinski definition) is 10. The summed E-state index contributed by atoms with van der Waals surface area (Å²) in [4.78, 5) is 63.4. The van der Waals surface area contributed by atoms with Gasteiger partial charge >= 0.3 is 6.03 Å². The molecule has 1 aromatic carbocycles. The quantitative estimate of drug-likeness (QED) is 0.348. The standard InChI is InChI=1S/C39H53N5O9S/c1-7-52-33-20-32(27-15-16-31(51-6)24(2)34(27)41-33)53-26-19-29-30(45)22-39(36(47)42-54(49,50)38(3)17-18-38)21-25(39)13-11-9-8-10-12-14-28(35(46)44(29)23-26)40-37(48)43(4)5/h11,13,15-16,20,25-26,28-29H,7-10,12,14,17-19,21-23H2,1-6H3,(H,40,48)(H,42,47)/b13-11-/t25-,26-,28+,29+,39-/m1/s1. The van der Waals surface area contributed by atoms with E-state index in [0.717, 1.165) is 24.8 Å². The van der Waals surface area contributed by atoms with Crippen molar-refractivity contribution >= 4 is 44.6 Å². The van der Waals surface area contributed by atoms with E-state index in [4.69, 9.17) is 19.2 Å². The number of benzene rings is 1. The number of ether oxygens (including phenoxy) is 3. The fourth-order valence-corrected chi connectivity index (χ4v) is 8.98. The lowest BCUT2D eigenvalue weighted by atomic mass is 9.91. The molecule has 3 fully saturated rings. The summed E-state index contributed by atoms with van der Waals surface area (Å²) >= 11 is 0. The normalized spacial score (nSPS) is 27.4. The number of methoxy groups -OCH3 is 1. The van der Waals surface area contributed by atoms with Crippen LogP contribution in [0.15, 0.2) is 30.4 Å². The smallest absolute Gasteiger partial charge is 0.317 e. The second-order valence-electron chi connectivity index (χ2n) is 15.6. The number of pyridine rings is 1. The van der Waals surface area contributed by atoms with Gasteiger partial charge in [-0.1, -0.05) is 25.0 Å². The number of aromatic nitrogens is 1. The second kappa shape index (κ2) is 15.4. The van der Waals surface area contributed by atoms with Crippen LogP contribution in [-0.2, 0) is 24.4 Å². The van der Waals surface area contributed by atoms with Crippen LogP contribution in [0.3, 0.4) is 0 Å². The van der Waals surface area contributed by atoms with Crippen molar-refractivity contribution in [1.82, 2.24) is 24.8 Å². The number of nitrogens with one attached hydrogen (secondary N) is 2. The van der Waals surface area contributed by atoms with E-state index in [2.05, 4.69) is 10.0 Å². The zero-order valence-electron chi connectivity index (χ0n) is 32.1. The number of allylic oxidation sites excluding steroid dienone is 2. The van der Waals surface area contributed by atoms with Gasteiger partial charge in [0.05, 0.1) is 42.0 Å². The summed E-state index contributed by atoms with van der Waals surface area (Å²) in [5, 5.41) is 3.56. The average molecular weight is 768 g/mol. The van der Waals surface area contributed by atoms with Gasteiger partial charge in [0.25, 0.3) is 0 Å². The van der Waals surface area contributed by atoms with Gasteiger partial charge in [0.2, 0.25) is 27.7 Å². The highest BCUT2D eigenvalue weighted by Crippen LogP contribution is 2.57. The zero-order chi connectivity index (χ0) is 39.0. The van der Waals surface area contributed by atoms with Crippen molar-refractivity contribution in [3.63, 3.8) is 0 Å². The van der Waals surface area contributed by atoms with Crippen LogP contribution in [0.5, 0.6) is 17.4 Å². The van der Waals surface area contributed by atoms with Crippen LogP contribution in [0.1, 0.15) is 83.6 Å². The van der Waals surface area contributed by atoms with Crippen LogP contribution >= 0.6 is 0 Å². The molecule has 294 valence electrons. The molecule has 4 aliphatic rings. The first-order valence-corrected chi connectivity index (χ1v) is 20.4. The van der Waals surface area contributed by atoms with Gasteiger partial charge in [-0.15, -0.1) is 0 Å². The second-order valence-corrected chi connectivity index (χ2v) is 17.8. The molecule has 14 nitrogen and oxygen atoms in total. The van der Waals surface area contributed by atoms with E-state index in [1.54, 1.807) is 34.2 Å². The molecule has 0 unspecified atom stereocenters. The van der Waals surface area contributed by atoms with Crippen molar-refractivity contribution in [2.45, 2.75) is 108 Å². The number of Topliss-reactive ketones (excluding diaryl/α,β-unsaturated/α-hetero) is 1. The Bertz CT molecular complexity index is 1950. The number of fused-ring (bicyclic) bond motifs is 3. The molecule has 2 aromatic rings. The fourth-order valence-electron chi connectivity index (χ4n) is 7.64. The molecule has 2 aliphatic carbocycles. The Hall–Kier alpha value is -4.40. The van der Waals surface area contributed by atoms with Crippen LogP contribution in [0, 0.1) is 18.3 Å². The van der Waals surface area contributed by atoms with Crippen LogP contribution in [0.4, 0.5) is 4.79 Å². The molecule has 2 saturated carbocycles. The number of nitrogens with zero attached hydrogens (tertiary/aromatic N) is 3. The number of urea groups is 1. The number of carbonyl (C=O) groups is 4. The topological polar surface area (TPSA) is 174 Å². The van der Waals surface area contributed by atoms with E-state index in [1.807, 2.05) is 38.1 Å². The monoisotopic (exact) mass is 767 g/mol. The summed E-state index contributed by atoms with van der Waals surface area (Å²) in [5.74, 6) is -0.321. The Morgan fingerprint density at radius 2 is 1.87 bits per heavy atom. The molecule has 54 heavy (non-hydrogen) atoms. The Morgan fingerprint density at radius 1 is 1.11 bits per heavy atom. The molecule has 5 atom stereocenters. The first-order valence-electron chi connectivity index (χ1n) is 19.0. The number of rotatable bonds is 9. The van der Waals surface area contributed by atoms with Crippen molar-refractivity contribution in [3.05, 3.63) is 35.9 Å². The van der Waals surface area contributed by atoms with E-state index in [9.17, 15) is 27.6 Å². The predicted octanol–water partition coefficient (Wildman–Crippen LogP) is 4.42. The Balaban J connectivity index is 1.35. The van der Waals surface area contributed by atoms with E-state index >= 15 is 0 Å². The summed E-state index contributed by atoms with van der Waals surface area (Å²) in [6.07, 6.45) is 7.81. The SMILES string of the molecule is CCOc1cc(O[C@@H]2C[C@H]3C(=O)C[C@]4(C(=O)NS(=O)(=O)C5(C)CC5)C[C@H]4/C=C\CCCCC[C@H](NC(=O)N(C)C)C(=O)N3C2)c2ccc(OC)c(C)c2n1. The number of hydrogen-bond donors (Lipinski definition) is 2. The molecule has 3 heterocycles. The summed E-state index contributed by atoms with van der Waals surface area (Å²) in [7, 11) is 0.828. The van der Waals surface area contributed by atoms with Gasteiger partial charge in [-0.25, -0.2) is 18.2 Å². The first-order chi connectivity index (χ1) is 25.6. The Morgan fingerprint density at radius 3 is 2.56 bits per heavy atom. The number of sulfonamides is 1. The van der Waals surface area contributed by atoms with Crippen LogP contribution in [0.2, 0.25) is 0 Å². The van der Waals surface area contributed by atoms with Gasteiger partial charge in [-0.3, -0.25) is 19.1 Å². The van der Waals surface area contributed by atoms with Gasteiger partial charge in [0.1, 0.15) is 23.6 Å². The molecule has 15 heteroatoms. The lowest BCUT2D eigenvalue weighted by Gasteiger charge is -2.30. The predicted molar refractivity (Wildman–Crippen MR) is 202 cm³/mol. The number of aryl methyl sites for hydroxylation is 1. The van der Waals surface area contributed by atoms with E-state index < -0.39 is 56.2 Å². The number of carbonyl (C=O) groups excluding carboxylic acids is 4. The Kier molecular flexibility index (Phi) is 11.2. The average Bonchev–Trinajstić information content (AvgIpc) is 4.00. The van der Waals surface area contributed by atoms with Crippen LogP contribution < -0.4 is 24.2 Å². The van der Waals surface area contributed by atoms with Crippen LogP contribution in [-0.4, -0.2) is 104 Å². The highest BCUT2D eigenvalue weighted by atomic mass is 32.2. The van der Waals surface area contributed by atoms with Crippen molar-refractivity contribution in [1.29, 1.82) is 0 Å². The van der Waals surface area contributed by atoms with Crippen LogP contribution in [0.25, 0.3) is 10.9 Å². The largest absolute Gasteiger partial charge is 0.496 e. The summed E-state index contributed by atoms with van der Waals surface area (Å²) in [6, 6.07) is 3.05. The van der Waals surface area contributed by atoms with Crippen molar-refractivity contribution < 1.29 is 41.8 Å². The van der Waals surface area contributed by atoms with Crippen molar-refractivity contribution in [3.8, 4) is 17.4 Å². The Labute approximate surface area is 317 Å². The van der Waals surface area contributed by atoms with Gasteiger partial charge in [0.15, 0.2) is 5.78 Å². The van der Waals surface area contributed by atoms with Gasteiger partial charge in [0, 0.05) is 44.0 Å². The van der Waals surface area contributed by atoms with Gasteiger partial charge in [-0.2, -0.15) is 0 Å². The molecule has 0 bridgehead atoms. The maximum atomic E-state index is 14.6. The van der Waals surface area contributed by atoms with E-state index in [1.165, 1.54) is 9.80 Å². The highest BCUT2D eigenvalue weighted by molar-refractivity contribution is 7.91. The third-order valence-electron chi connectivity index (χ3n) is 11.5. The lowest BCUT2D eigenvalue weighted by molar-refractivity contribution is -0.140. The zero-order valence-corrected chi connectivity index (χ0v) is 32.9. The molecular formula is C39H53N5O9S. The first kappa shape index (κ1) is 39.3. The molecular weight excluding hydrogens is 715 g/mol. The number of amides is 4. The molecule has 0 radical (unpaired) electrons. The minimum absolute atomic E-state index is 0.0434.